The molecule has 0 radical (unpaired) electrons. The summed E-state index contributed by atoms with van der Waals surface area (Å²) in [7, 11) is 0. The number of ether oxygens (including phenoxy) is 1. The lowest BCUT2D eigenvalue weighted by Gasteiger charge is -2.22. The number of aromatic nitrogens is 4. The fourth-order valence-corrected chi connectivity index (χ4v) is 9.01. The second-order valence-electron chi connectivity index (χ2n) is 18.9. The number of nitrogens with zero attached hydrogens (tertiary/aromatic N) is 4. The minimum Gasteiger partial charge on any atom is -0.458 e. The molecule has 0 saturated carbocycles. The second-order valence-corrected chi connectivity index (χ2v) is 18.9. The molecule has 5 nitrogen and oxygen atoms in total. The number of imidazole rings is 1. The normalized spacial score (nSPS) is 12.1. The van der Waals surface area contributed by atoms with Crippen LogP contribution in [0.25, 0.3) is 72.3 Å². The highest BCUT2D eigenvalue weighted by molar-refractivity contribution is 6.09. The quantitative estimate of drug-likeness (QED) is 0.119. The maximum Gasteiger partial charge on any atom is 0.269 e. The first-order valence-corrected chi connectivity index (χ1v) is 21.9. The zero-order valence-electron chi connectivity index (χ0n) is 37.4. The fourth-order valence-electron chi connectivity index (χ4n) is 9.01. The van der Waals surface area contributed by atoms with Crippen molar-refractivity contribution in [2.75, 3.05) is 0 Å². The third-order valence-corrected chi connectivity index (χ3v) is 12.4. The van der Waals surface area contributed by atoms with E-state index in [0.29, 0.717) is 0 Å². The molecule has 0 fully saturated rings. The summed E-state index contributed by atoms with van der Waals surface area (Å²) in [6.07, 6.45) is 5.75. The lowest BCUT2D eigenvalue weighted by Crippen LogP contribution is -2.30. The van der Waals surface area contributed by atoms with E-state index in [0.717, 1.165) is 67.3 Å². The Morgan fingerprint density at radius 1 is 0.540 bits per heavy atom. The minimum atomic E-state index is -0.0428. The monoisotopic (exact) mass is 820 g/mol. The third kappa shape index (κ3) is 7.27. The predicted octanol–water partition coefficient (Wildman–Crippen LogP) is 14.5. The molecule has 0 atom stereocenters. The van der Waals surface area contributed by atoms with Gasteiger partial charge in [-0.3, -0.25) is 13.7 Å². The molecule has 0 saturated heterocycles. The van der Waals surface area contributed by atoms with Gasteiger partial charge in [0.2, 0.25) is 0 Å². The fraction of sp³-hybridized carbons (Fsp3) is 0.172. The lowest BCUT2D eigenvalue weighted by atomic mass is 9.85. The topological polar surface area (TPSA) is 35.9 Å². The Morgan fingerprint density at radius 2 is 1.22 bits per heavy atom. The summed E-state index contributed by atoms with van der Waals surface area (Å²) in [6.45, 7) is 17.9. The van der Waals surface area contributed by atoms with E-state index < -0.39 is 0 Å². The summed E-state index contributed by atoms with van der Waals surface area (Å²) < 4.78 is 13.4. The average Bonchev–Trinajstić information content (AvgIpc) is 3.83. The van der Waals surface area contributed by atoms with Gasteiger partial charge in [-0.2, -0.15) is 0 Å². The van der Waals surface area contributed by atoms with Gasteiger partial charge in [-0.25, -0.2) is 4.98 Å². The summed E-state index contributed by atoms with van der Waals surface area (Å²) in [6, 6.07) is 58.3. The largest absolute Gasteiger partial charge is 0.458 e. The van der Waals surface area contributed by atoms with Gasteiger partial charge in [-0.05, 0) is 112 Å². The highest BCUT2D eigenvalue weighted by atomic mass is 16.5. The summed E-state index contributed by atoms with van der Waals surface area (Å²) in [5.74, 6) is 2.39. The van der Waals surface area contributed by atoms with E-state index in [1.54, 1.807) is 0 Å². The number of para-hydroxylation sites is 3. The molecule has 63 heavy (non-hydrogen) atoms. The Kier molecular flexibility index (Phi) is 9.67. The van der Waals surface area contributed by atoms with Crippen LogP contribution in [-0.2, 0) is 10.8 Å². The number of fused-ring (bicyclic) bond motifs is 4. The molecule has 5 heteroatoms. The summed E-state index contributed by atoms with van der Waals surface area (Å²) >= 11 is 0. The molecule has 7 aromatic carbocycles. The Bertz CT molecular complexity index is 3340. The minimum absolute atomic E-state index is 0.0428. The molecule has 0 bridgehead atoms. The van der Waals surface area contributed by atoms with Crippen molar-refractivity contribution in [1.29, 1.82) is 0 Å². The van der Waals surface area contributed by atoms with Crippen LogP contribution in [-0.4, -0.2) is 14.1 Å². The second kappa shape index (κ2) is 15.3. The van der Waals surface area contributed by atoms with Crippen LogP contribution in [0.15, 0.2) is 170 Å². The highest BCUT2D eigenvalue weighted by Crippen LogP contribution is 2.39. The van der Waals surface area contributed by atoms with Crippen LogP contribution in [0, 0.1) is 20.2 Å². The van der Waals surface area contributed by atoms with Gasteiger partial charge in [-0.15, -0.1) is 0 Å². The van der Waals surface area contributed by atoms with Crippen molar-refractivity contribution < 1.29 is 9.30 Å². The van der Waals surface area contributed by atoms with Crippen LogP contribution in [0.1, 0.15) is 63.8 Å². The maximum atomic E-state index is 6.77. The zero-order valence-corrected chi connectivity index (χ0v) is 37.4. The average molecular weight is 821 g/mol. The Balaban J connectivity index is 1.05. The molecule has 0 aliphatic rings. The number of aryl methyl sites for hydroxylation is 1. The lowest BCUT2D eigenvalue weighted by molar-refractivity contribution is -0.572. The number of benzene rings is 7. The molecule has 0 unspecified atom stereocenters. The van der Waals surface area contributed by atoms with E-state index in [2.05, 4.69) is 233 Å². The Labute approximate surface area is 370 Å². The van der Waals surface area contributed by atoms with E-state index in [4.69, 9.17) is 9.72 Å². The van der Waals surface area contributed by atoms with Gasteiger partial charge in [-0.1, -0.05) is 151 Å². The van der Waals surface area contributed by atoms with Crippen LogP contribution in [0.3, 0.4) is 0 Å². The van der Waals surface area contributed by atoms with Gasteiger partial charge in [0, 0.05) is 28.6 Å². The first kappa shape index (κ1) is 39.9. The van der Waals surface area contributed by atoms with Crippen molar-refractivity contribution in [3.63, 3.8) is 0 Å². The van der Waals surface area contributed by atoms with Crippen molar-refractivity contribution in [3.8, 4) is 50.9 Å². The molecule has 3 aromatic heterocycles. The summed E-state index contributed by atoms with van der Waals surface area (Å²) in [5, 5.41) is 2.32. The Hall–Kier alpha value is -7.24. The summed E-state index contributed by atoms with van der Waals surface area (Å²) in [5.41, 5.74) is 16.0. The van der Waals surface area contributed by atoms with Gasteiger partial charge < -0.3 is 4.74 Å². The molecule has 0 spiro atoms. The Morgan fingerprint density at radius 3 is 1.98 bits per heavy atom. The summed E-state index contributed by atoms with van der Waals surface area (Å²) in [4.78, 5) is 5.12. The van der Waals surface area contributed by atoms with E-state index in [9.17, 15) is 0 Å². The van der Waals surface area contributed by atoms with Gasteiger partial charge >= 0.3 is 0 Å². The van der Waals surface area contributed by atoms with Gasteiger partial charge in [0.25, 0.3) is 6.33 Å². The highest BCUT2D eigenvalue weighted by Gasteiger charge is 2.22. The molecular weight excluding hydrogens is 769 g/mol. The smallest absolute Gasteiger partial charge is 0.269 e. The van der Waals surface area contributed by atoms with Crippen molar-refractivity contribution in [2.45, 2.75) is 66.2 Å². The van der Waals surface area contributed by atoms with Crippen LogP contribution in [0.5, 0.6) is 11.5 Å². The van der Waals surface area contributed by atoms with Crippen LogP contribution >= 0.6 is 0 Å². The number of hydrogen-bond acceptors (Lipinski definition) is 2. The molecular formula is C58H52N4O. The van der Waals surface area contributed by atoms with Gasteiger partial charge in [0.15, 0.2) is 0 Å². The van der Waals surface area contributed by atoms with Crippen molar-refractivity contribution in [3.05, 3.63) is 199 Å². The number of hydrogen-bond donors (Lipinski definition) is 0. The molecule has 0 N–H and O–H groups in total. The van der Waals surface area contributed by atoms with Crippen molar-refractivity contribution in [2.24, 2.45) is 0 Å². The van der Waals surface area contributed by atoms with Crippen molar-refractivity contribution >= 4 is 32.8 Å². The molecule has 310 valence electrons. The first-order chi connectivity index (χ1) is 30.3. The van der Waals surface area contributed by atoms with E-state index in [1.165, 1.54) is 38.8 Å². The van der Waals surface area contributed by atoms with E-state index in [-0.39, 0.29) is 10.8 Å². The number of pyridine rings is 1. The van der Waals surface area contributed by atoms with Crippen LogP contribution in [0.4, 0.5) is 0 Å². The van der Waals surface area contributed by atoms with Crippen LogP contribution < -0.4 is 9.30 Å². The molecule has 10 aromatic rings. The maximum absolute atomic E-state index is 6.77. The third-order valence-electron chi connectivity index (χ3n) is 12.4. The molecule has 0 aliphatic heterocycles. The van der Waals surface area contributed by atoms with Crippen LogP contribution in [0.2, 0.25) is 0 Å². The van der Waals surface area contributed by atoms with E-state index >= 15 is 0 Å². The molecule has 10 rings (SSSR count). The van der Waals surface area contributed by atoms with Crippen molar-refractivity contribution in [1.82, 2.24) is 14.1 Å². The molecule has 0 amide bonds. The first-order valence-electron chi connectivity index (χ1n) is 21.9. The standard InChI is InChI=1S/C58H52N4O/c1-38-36-59-56(39(2)55(38)41-25-27-43(28-26-41)57(3,4)5)62-51-22-13-12-21-49(51)50-30-29-48(35-54(50)62)63-47-20-16-19-45(34-47)60-37-61(53-24-15-14-23-52(53)60)46-32-42(40-17-10-9-11-18-40)31-44(33-46)58(6,7)8/h9-36H,1-8H3. The van der Waals surface area contributed by atoms with Gasteiger partial charge in [0.05, 0.1) is 33.4 Å². The molecule has 0 aliphatic carbocycles. The SMILES string of the molecule is Cc1cnc(-n2c3ccccc3c3ccc(Oc4cccc(-n5[c-][n+](-c6cc(-c7ccccc7)cc(C(C)(C)C)c6)c6ccccc65)c4)cc32)c(C)c1-c1ccc(C(C)(C)C)cc1. The predicted molar refractivity (Wildman–Crippen MR) is 260 cm³/mol. The molecule has 3 heterocycles. The number of rotatable bonds is 7. The van der Waals surface area contributed by atoms with E-state index in [1.807, 2.05) is 12.3 Å². The zero-order chi connectivity index (χ0) is 43.6. The van der Waals surface area contributed by atoms with Gasteiger partial charge in [0.1, 0.15) is 17.3 Å².